The number of hydrogen-bond acceptors (Lipinski definition) is 4. The molecular formula is C10H7N3O2. The van der Waals surface area contributed by atoms with E-state index in [-0.39, 0.29) is 17.9 Å². The molecule has 0 unspecified atom stereocenters. The zero-order valence-corrected chi connectivity index (χ0v) is 7.73. The number of anilines is 1. The van der Waals surface area contributed by atoms with Gasteiger partial charge < -0.3 is 5.32 Å². The molecule has 74 valence electrons. The summed E-state index contributed by atoms with van der Waals surface area (Å²) in [6.45, 7) is 0.176. The molecule has 0 atom stereocenters. The van der Waals surface area contributed by atoms with E-state index >= 15 is 0 Å². The summed E-state index contributed by atoms with van der Waals surface area (Å²) in [6, 6.07) is 5.96. The summed E-state index contributed by atoms with van der Waals surface area (Å²) in [4.78, 5) is 10.1. The molecular weight excluding hydrogens is 194 g/mol. The molecule has 0 aromatic heterocycles. The van der Waals surface area contributed by atoms with Gasteiger partial charge in [0.15, 0.2) is 0 Å². The summed E-state index contributed by atoms with van der Waals surface area (Å²) in [5.74, 6) is 2.30. The molecule has 0 spiro atoms. The largest absolute Gasteiger partial charge is 0.369 e. The van der Waals surface area contributed by atoms with Gasteiger partial charge in [-0.15, -0.1) is 6.42 Å². The molecule has 0 amide bonds. The fraction of sp³-hybridized carbons (Fsp3) is 0.100. The SMILES string of the molecule is C#CCNc1cc(C#N)ccc1[N+](=O)[O-]. The molecule has 0 heterocycles. The number of nitro groups is 1. The lowest BCUT2D eigenvalue weighted by Gasteiger charge is -2.03. The van der Waals surface area contributed by atoms with Crippen LogP contribution in [0.3, 0.4) is 0 Å². The van der Waals surface area contributed by atoms with E-state index in [1.807, 2.05) is 6.07 Å². The lowest BCUT2D eigenvalue weighted by Crippen LogP contribution is -2.02. The zero-order chi connectivity index (χ0) is 11.3. The first-order valence-corrected chi connectivity index (χ1v) is 4.05. The Bertz CT molecular complexity index is 469. The van der Waals surface area contributed by atoms with E-state index in [0.29, 0.717) is 5.56 Å². The Morgan fingerprint density at radius 1 is 1.60 bits per heavy atom. The molecule has 5 heteroatoms. The maximum Gasteiger partial charge on any atom is 0.292 e. The third-order valence-corrected chi connectivity index (χ3v) is 1.70. The number of rotatable bonds is 3. The Labute approximate surface area is 86.5 Å². The van der Waals surface area contributed by atoms with Gasteiger partial charge >= 0.3 is 0 Å². The number of nitrogens with zero attached hydrogens (tertiary/aromatic N) is 2. The van der Waals surface area contributed by atoms with E-state index in [1.54, 1.807) is 0 Å². The lowest BCUT2D eigenvalue weighted by atomic mass is 10.2. The van der Waals surface area contributed by atoms with Crippen LogP contribution in [0.2, 0.25) is 0 Å². The predicted molar refractivity (Wildman–Crippen MR) is 55.1 cm³/mol. The van der Waals surface area contributed by atoms with Crippen LogP contribution in [0.1, 0.15) is 5.56 Å². The molecule has 1 N–H and O–H groups in total. The Morgan fingerprint density at radius 2 is 2.33 bits per heavy atom. The van der Waals surface area contributed by atoms with E-state index in [4.69, 9.17) is 11.7 Å². The Balaban J connectivity index is 3.13. The summed E-state index contributed by atoms with van der Waals surface area (Å²) in [6.07, 6.45) is 5.03. The molecule has 0 bridgehead atoms. The first-order chi connectivity index (χ1) is 7.19. The fourth-order valence-electron chi connectivity index (χ4n) is 1.05. The van der Waals surface area contributed by atoms with Crippen molar-refractivity contribution in [2.45, 2.75) is 0 Å². The molecule has 1 aromatic rings. The first-order valence-electron chi connectivity index (χ1n) is 4.05. The molecule has 0 radical (unpaired) electrons. The van der Waals surface area contributed by atoms with Gasteiger partial charge in [-0.05, 0) is 12.1 Å². The molecule has 0 fully saturated rings. The van der Waals surface area contributed by atoms with E-state index in [0.717, 1.165) is 0 Å². The maximum absolute atomic E-state index is 10.6. The highest BCUT2D eigenvalue weighted by Crippen LogP contribution is 2.24. The second kappa shape index (κ2) is 4.64. The van der Waals surface area contributed by atoms with Crippen molar-refractivity contribution in [1.29, 1.82) is 5.26 Å². The second-order valence-corrected chi connectivity index (χ2v) is 2.66. The topological polar surface area (TPSA) is 79.0 Å². The van der Waals surface area contributed by atoms with Crippen LogP contribution >= 0.6 is 0 Å². The van der Waals surface area contributed by atoms with Crippen LogP contribution in [-0.2, 0) is 0 Å². The summed E-state index contributed by atoms with van der Waals surface area (Å²) in [7, 11) is 0. The van der Waals surface area contributed by atoms with Crippen LogP contribution in [0.25, 0.3) is 0 Å². The third-order valence-electron chi connectivity index (χ3n) is 1.70. The van der Waals surface area contributed by atoms with Crippen molar-refractivity contribution >= 4 is 11.4 Å². The molecule has 0 saturated carbocycles. The van der Waals surface area contributed by atoms with Crippen LogP contribution in [0.4, 0.5) is 11.4 Å². The zero-order valence-electron chi connectivity index (χ0n) is 7.73. The van der Waals surface area contributed by atoms with Crippen molar-refractivity contribution in [3.63, 3.8) is 0 Å². The van der Waals surface area contributed by atoms with Gasteiger partial charge in [0.1, 0.15) is 5.69 Å². The van der Waals surface area contributed by atoms with Crippen molar-refractivity contribution in [2.75, 3.05) is 11.9 Å². The van der Waals surface area contributed by atoms with Crippen molar-refractivity contribution in [2.24, 2.45) is 0 Å². The smallest absolute Gasteiger partial charge is 0.292 e. The van der Waals surface area contributed by atoms with Gasteiger partial charge in [0.2, 0.25) is 0 Å². The van der Waals surface area contributed by atoms with E-state index in [2.05, 4.69) is 11.2 Å². The van der Waals surface area contributed by atoms with E-state index in [9.17, 15) is 10.1 Å². The van der Waals surface area contributed by atoms with E-state index in [1.165, 1.54) is 18.2 Å². The van der Waals surface area contributed by atoms with Crippen LogP contribution < -0.4 is 5.32 Å². The third kappa shape index (κ3) is 2.45. The molecule has 5 nitrogen and oxygen atoms in total. The Kier molecular flexibility index (Phi) is 3.26. The van der Waals surface area contributed by atoms with Gasteiger partial charge in [-0.2, -0.15) is 5.26 Å². The molecule has 0 saturated heterocycles. The molecule has 1 rings (SSSR count). The molecule has 1 aromatic carbocycles. The van der Waals surface area contributed by atoms with Crippen LogP contribution in [0.15, 0.2) is 18.2 Å². The fourth-order valence-corrected chi connectivity index (χ4v) is 1.05. The Hall–Kier alpha value is -2.53. The summed E-state index contributed by atoms with van der Waals surface area (Å²) >= 11 is 0. The average molecular weight is 201 g/mol. The van der Waals surface area contributed by atoms with Crippen LogP contribution in [0, 0.1) is 33.8 Å². The minimum Gasteiger partial charge on any atom is -0.369 e. The normalized spacial score (nSPS) is 8.67. The monoisotopic (exact) mass is 201 g/mol. The highest BCUT2D eigenvalue weighted by Gasteiger charge is 2.13. The average Bonchev–Trinajstić information content (AvgIpc) is 2.25. The van der Waals surface area contributed by atoms with Gasteiger partial charge in [0, 0.05) is 6.07 Å². The van der Waals surface area contributed by atoms with Crippen molar-refractivity contribution in [1.82, 2.24) is 0 Å². The van der Waals surface area contributed by atoms with Crippen LogP contribution in [0.5, 0.6) is 0 Å². The summed E-state index contributed by atoms with van der Waals surface area (Å²) in [5.41, 5.74) is 0.515. The minimum atomic E-state index is -0.528. The van der Waals surface area contributed by atoms with Gasteiger partial charge in [-0.25, -0.2) is 0 Å². The number of benzene rings is 1. The van der Waals surface area contributed by atoms with E-state index < -0.39 is 4.92 Å². The first kappa shape index (κ1) is 10.6. The quantitative estimate of drug-likeness (QED) is 0.456. The maximum atomic E-state index is 10.6. The summed E-state index contributed by atoms with van der Waals surface area (Å²) < 4.78 is 0. The summed E-state index contributed by atoms with van der Waals surface area (Å²) in [5, 5.41) is 21.9. The van der Waals surface area contributed by atoms with Gasteiger partial charge in [0.05, 0.1) is 23.1 Å². The number of nitro benzene ring substituents is 1. The van der Waals surface area contributed by atoms with Gasteiger partial charge in [0.25, 0.3) is 5.69 Å². The number of hydrogen-bond donors (Lipinski definition) is 1. The number of terminal acetylenes is 1. The second-order valence-electron chi connectivity index (χ2n) is 2.66. The van der Waals surface area contributed by atoms with Gasteiger partial charge in [-0.3, -0.25) is 10.1 Å². The standard InChI is InChI=1S/C10H7N3O2/c1-2-5-12-9-6-8(7-11)3-4-10(9)13(14)15/h1,3-4,6,12H,5H2. The number of nitrogens with one attached hydrogen (secondary N) is 1. The highest BCUT2D eigenvalue weighted by molar-refractivity contribution is 5.64. The Morgan fingerprint density at radius 3 is 2.87 bits per heavy atom. The van der Waals surface area contributed by atoms with Crippen molar-refractivity contribution in [3.8, 4) is 18.4 Å². The lowest BCUT2D eigenvalue weighted by molar-refractivity contribution is -0.384. The van der Waals surface area contributed by atoms with Crippen molar-refractivity contribution in [3.05, 3.63) is 33.9 Å². The minimum absolute atomic E-state index is 0.0933. The highest BCUT2D eigenvalue weighted by atomic mass is 16.6. The van der Waals surface area contributed by atoms with Crippen LogP contribution in [-0.4, -0.2) is 11.5 Å². The molecule has 0 aliphatic rings. The van der Waals surface area contributed by atoms with Gasteiger partial charge in [-0.1, -0.05) is 5.92 Å². The molecule has 0 aliphatic heterocycles. The number of nitriles is 1. The predicted octanol–water partition coefficient (Wildman–Crippen LogP) is 1.51. The molecule has 15 heavy (non-hydrogen) atoms. The van der Waals surface area contributed by atoms with Crippen molar-refractivity contribution < 1.29 is 4.92 Å². The molecule has 0 aliphatic carbocycles.